The maximum absolute atomic E-state index is 13.2. The van der Waals surface area contributed by atoms with Crippen molar-refractivity contribution in [3.8, 4) is 5.75 Å². The molecular weight excluding hydrogens is 497 g/mol. The summed E-state index contributed by atoms with van der Waals surface area (Å²) in [6.07, 6.45) is 1.48. The van der Waals surface area contributed by atoms with Crippen molar-refractivity contribution in [2.75, 3.05) is 31.6 Å². The first kappa shape index (κ1) is 26.5. The first-order valence-electron chi connectivity index (χ1n) is 13.3. The molecule has 1 saturated heterocycles. The number of halogens is 3. The highest BCUT2D eigenvalue weighted by Gasteiger charge is 2.31. The van der Waals surface area contributed by atoms with Gasteiger partial charge in [0, 0.05) is 24.2 Å². The third-order valence-electron chi connectivity index (χ3n) is 7.49. The van der Waals surface area contributed by atoms with Gasteiger partial charge in [-0.25, -0.2) is 4.98 Å². The molecule has 10 heteroatoms. The number of rotatable bonds is 7. The number of benzene rings is 2. The van der Waals surface area contributed by atoms with Crippen molar-refractivity contribution in [1.82, 2.24) is 14.5 Å². The number of amides is 1. The SMILES string of the molecule is O=C(Nc1nc2cc(OCCN3CCCCC3)ccc2n1C1CCC(O)CC1)c1cccc(C(F)(F)F)c1. The first-order chi connectivity index (χ1) is 18.3. The summed E-state index contributed by atoms with van der Waals surface area (Å²) >= 11 is 0. The van der Waals surface area contributed by atoms with Crippen LogP contribution >= 0.6 is 0 Å². The number of hydrogen-bond acceptors (Lipinski definition) is 5. The van der Waals surface area contributed by atoms with Crippen LogP contribution in [0.1, 0.15) is 66.9 Å². The normalized spacial score (nSPS) is 20.9. The Labute approximate surface area is 219 Å². The lowest BCUT2D eigenvalue weighted by Gasteiger charge is -2.28. The highest BCUT2D eigenvalue weighted by Crippen LogP contribution is 2.36. The summed E-state index contributed by atoms with van der Waals surface area (Å²) in [4.78, 5) is 20.1. The van der Waals surface area contributed by atoms with E-state index in [0.717, 1.165) is 37.3 Å². The maximum Gasteiger partial charge on any atom is 0.416 e. The number of anilines is 1. The minimum absolute atomic E-state index is 0.00826. The highest BCUT2D eigenvalue weighted by molar-refractivity contribution is 6.04. The van der Waals surface area contributed by atoms with Crippen LogP contribution in [0.25, 0.3) is 11.0 Å². The van der Waals surface area contributed by atoms with Crippen LogP contribution in [0, 0.1) is 0 Å². The number of aliphatic hydroxyl groups is 1. The third-order valence-corrected chi connectivity index (χ3v) is 7.49. The van der Waals surface area contributed by atoms with Gasteiger partial charge in [0.1, 0.15) is 12.4 Å². The van der Waals surface area contributed by atoms with E-state index in [0.29, 0.717) is 43.6 Å². The maximum atomic E-state index is 13.2. The molecule has 7 nitrogen and oxygen atoms in total. The predicted molar refractivity (Wildman–Crippen MR) is 138 cm³/mol. The van der Waals surface area contributed by atoms with Gasteiger partial charge in [-0.3, -0.25) is 15.0 Å². The van der Waals surface area contributed by atoms with Crippen molar-refractivity contribution in [3.05, 3.63) is 53.6 Å². The highest BCUT2D eigenvalue weighted by atomic mass is 19.4. The molecule has 1 amide bonds. The number of carbonyl (C=O) groups is 1. The Morgan fingerprint density at radius 3 is 2.55 bits per heavy atom. The summed E-state index contributed by atoms with van der Waals surface area (Å²) < 4.78 is 47.5. The minimum Gasteiger partial charge on any atom is -0.492 e. The molecule has 2 heterocycles. The zero-order valence-electron chi connectivity index (χ0n) is 21.2. The number of fused-ring (bicyclic) bond motifs is 1. The molecule has 2 aliphatic rings. The zero-order valence-corrected chi connectivity index (χ0v) is 21.2. The number of alkyl halides is 3. The average Bonchev–Trinajstić information content (AvgIpc) is 3.26. The van der Waals surface area contributed by atoms with Crippen LogP contribution in [-0.4, -0.2) is 57.8 Å². The van der Waals surface area contributed by atoms with E-state index in [2.05, 4.69) is 15.2 Å². The second-order valence-corrected chi connectivity index (χ2v) is 10.2. The lowest BCUT2D eigenvalue weighted by Crippen LogP contribution is -2.33. The largest absolute Gasteiger partial charge is 0.492 e. The van der Waals surface area contributed by atoms with Crippen molar-refractivity contribution < 1.29 is 27.8 Å². The van der Waals surface area contributed by atoms with Crippen LogP contribution in [0.2, 0.25) is 0 Å². The van der Waals surface area contributed by atoms with Gasteiger partial charge in [-0.1, -0.05) is 12.5 Å². The number of hydrogen-bond donors (Lipinski definition) is 2. The molecule has 5 rings (SSSR count). The fourth-order valence-corrected chi connectivity index (χ4v) is 5.43. The van der Waals surface area contributed by atoms with Crippen LogP contribution in [-0.2, 0) is 6.18 Å². The van der Waals surface area contributed by atoms with Crippen LogP contribution in [0.15, 0.2) is 42.5 Å². The molecular formula is C28H33F3N4O3. The minimum atomic E-state index is -4.54. The monoisotopic (exact) mass is 530 g/mol. The number of likely N-dealkylation sites (tertiary alicyclic amines) is 1. The smallest absolute Gasteiger partial charge is 0.416 e. The summed E-state index contributed by atoms with van der Waals surface area (Å²) in [5.74, 6) is 0.282. The second kappa shape index (κ2) is 11.3. The number of aliphatic hydroxyl groups excluding tert-OH is 1. The predicted octanol–water partition coefficient (Wildman–Crippen LogP) is 5.65. The van der Waals surface area contributed by atoms with Gasteiger partial charge in [0.25, 0.3) is 5.91 Å². The molecule has 1 aliphatic heterocycles. The zero-order chi connectivity index (χ0) is 26.7. The Morgan fingerprint density at radius 1 is 1.05 bits per heavy atom. The van der Waals surface area contributed by atoms with Crippen LogP contribution in [0.5, 0.6) is 5.75 Å². The molecule has 0 bridgehead atoms. The molecule has 0 spiro atoms. The Kier molecular flexibility index (Phi) is 7.90. The summed E-state index contributed by atoms with van der Waals surface area (Å²) in [7, 11) is 0. The molecule has 0 unspecified atom stereocenters. The van der Waals surface area contributed by atoms with E-state index in [4.69, 9.17) is 4.74 Å². The number of imidazole rings is 1. The molecule has 2 aromatic carbocycles. The van der Waals surface area contributed by atoms with E-state index in [-0.39, 0.29) is 23.7 Å². The van der Waals surface area contributed by atoms with E-state index in [9.17, 15) is 23.1 Å². The van der Waals surface area contributed by atoms with E-state index >= 15 is 0 Å². The van der Waals surface area contributed by atoms with Crippen LogP contribution < -0.4 is 10.1 Å². The Hall–Kier alpha value is -3.11. The summed E-state index contributed by atoms with van der Waals surface area (Å²) in [5, 5.41) is 12.7. The van der Waals surface area contributed by atoms with E-state index in [1.807, 2.05) is 22.8 Å². The fourth-order valence-electron chi connectivity index (χ4n) is 5.43. The molecule has 1 aliphatic carbocycles. The van der Waals surface area contributed by atoms with E-state index < -0.39 is 17.6 Å². The molecule has 0 atom stereocenters. The third kappa shape index (κ3) is 6.13. The van der Waals surface area contributed by atoms with Crippen molar-refractivity contribution in [2.24, 2.45) is 0 Å². The number of nitrogens with one attached hydrogen (secondary N) is 1. The number of nitrogens with zero attached hydrogens (tertiary/aromatic N) is 3. The summed E-state index contributed by atoms with van der Waals surface area (Å²) in [6, 6.07) is 9.96. The Bertz CT molecular complexity index is 1260. The number of ether oxygens (including phenoxy) is 1. The first-order valence-corrected chi connectivity index (χ1v) is 13.3. The van der Waals surface area contributed by atoms with Crippen molar-refractivity contribution in [1.29, 1.82) is 0 Å². The molecule has 3 aromatic rings. The van der Waals surface area contributed by atoms with Gasteiger partial charge in [0.05, 0.1) is 22.7 Å². The van der Waals surface area contributed by atoms with Gasteiger partial charge in [-0.2, -0.15) is 13.2 Å². The second-order valence-electron chi connectivity index (χ2n) is 10.2. The molecule has 2 fully saturated rings. The van der Waals surface area contributed by atoms with Gasteiger partial charge in [-0.05, 0) is 81.9 Å². The van der Waals surface area contributed by atoms with Gasteiger partial charge in [0.2, 0.25) is 5.95 Å². The lowest BCUT2D eigenvalue weighted by molar-refractivity contribution is -0.137. The molecule has 1 saturated carbocycles. The standard InChI is InChI=1S/C28H33F3N4O3/c29-28(30,31)20-6-4-5-19(17-20)26(37)33-27-32-24-18-23(38-16-15-34-13-2-1-3-14-34)11-12-25(24)35(27)21-7-9-22(36)10-8-21/h4-6,11-12,17-18,21-22,36H,1-3,7-10,13-16H2,(H,32,33,37). The molecule has 38 heavy (non-hydrogen) atoms. The van der Waals surface area contributed by atoms with Crippen molar-refractivity contribution in [2.45, 2.75) is 63.3 Å². The summed E-state index contributed by atoms with van der Waals surface area (Å²) in [6.45, 7) is 3.61. The Morgan fingerprint density at radius 2 is 1.82 bits per heavy atom. The lowest BCUT2D eigenvalue weighted by atomic mass is 9.93. The van der Waals surface area contributed by atoms with Crippen molar-refractivity contribution in [3.63, 3.8) is 0 Å². The van der Waals surface area contributed by atoms with Crippen LogP contribution in [0.4, 0.5) is 19.1 Å². The average molecular weight is 531 g/mol. The van der Waals surface area contributed by atoms with Crippen LogP contribution in [0.3, 0.4) is 0 Å². The summed E-state index contributed by atoms with van der Waals surface area (Å²) in [5.41, 5.74) is 0.450. The quantitative estimate of drug-likeness (QED) is 0.413. The number of carbonyl (C=O) groups excluding carboxylic acids is 1. The van der Waals surface area contributed by atoms with E-state index in [1.54, 1.807) is 0 Å². The molecule has 1 aromatic heterocycles. The topological polar surface area (TPSA) is 79.6 Å². The van der Waals surface area contributed by atoms with Gasteiger partial charge in [-0.15, -0.1) is 0 Å². The van der Waals surface area contributed by atoms with Gasteiger partial charge < -0.3 is 14.4 Å². The number of piperidine rings is 1. The molecule has 2 N–H and O–H groups in total. The molecule has 0 radical (unpaired) electrons. The van der Waals surface area contributed by atoms with Crippen molar-refractivity contribution >= 4 is 22.9 Å². The molecule has 204 valence electrons. The fraction of sp³-hybridized carbons (Fsp3) is 0.500. The van der Waals surface area contributed by atoms with Gasteiger partial charge in [0.15, 0.2) is 0 Å². The van der Waals surface area contributed by atoms with Gasteiger partial charge >= 0.3 is 6.18 Å². The Balaban J connectivity index is 1.39. The number of aromatic nitrogens is 2. The van der Waals surface area contributed by atoms with E-state index in [1.165, 1.54) is 31.4 Å².